The number of amides is 1. The van der Waals surface area contributed by atoms with Crippen molar-refractivity contribution in [2.24, 2.45) is 0 Å². The van der Waals surface area contributed by atoms with Crippen LogP contribution < -0.4 is 10.6 Å². The van der Waals surface area contributed by atoms with E-state index in [1.165, 1.54) is 4.88 Å². The van der Waals surface area contributed by atoms with Gasteiger partial charge in [-0.3, -0.25) is 10.1 Å². The van der Waals surface area contributed by atoms with Gasteiger partial charge in [-0.25, -0.2) is 0 Å². The predicted molar refractivity (Wildman–Crippen MR) is 86.1 cm³/mol. The van der Waals surface area contributed by atoms with Crippen molar-refractivity contribution >= 4 is 38.9 Å². The SMILES string of the molecule is CC(Cc1cccs1)NC1C(=O)Nc2cc(Br)ccc21. The Balaban J connectivity index is 1.73. The van der Waals surface area contributed by atoms with Crippen molar-refractivity contribution in [1.82, 2.24) is 5.32 Å². The lowest BCUT2D eigenvalue weighted by atomic mass is 10.1. The number of hydrogen-bond acceptors (Lipinski definition) is 3. The fraction of sp³-hybridized carbons (Fsp3) is 0.267. The summed E-state index contributed by atoms with van der Waals surface area (Å²) in [5, 5.41) is 8.43. The van der Waals surface area contributed by atoms with E-state index in [9.17, 15) is 4.79 Å². The molecule has 1 amide bonds. The molecule has 3 nitrogen and oxygen atoms in total. The van der Waals surface area contributed by atoms with E-state index >= 15 is 0 Å². The summed E-state index contributed by atoms with van der Waals surface area (Å²) in [5.41, 5.74) is 1.92. The van der Waals surface area contributed by atoms with Gasteiger partial charge in [-0.1, -0.05) is 28.1 Å². The third-order valence-electron chi connectivity index (χ3n) is 3.39. The highest BCUT2D eigenvalue weighted by atomic mass is 79.9. The van der Waals surface area contributed by atoms with E-state index < -0.39 is 0 Å². The normalized spacial score (nSPS) is 18.7. The van der Waals surface area contributed by atoms with E-state index in [0.717, 1.165) is 22.1 Å². The maximum Gasteiger partial charge on any atom is 0.246 e. The van der Waals surface area contributed by atoms with Gasteiger partial charge in [0.2, 0.25) is 5.91 Å². The number of nitrogens with one attached hydrogen (secondary N) is 2. The number of halogens is 1. The fourth-order valence-corrected chi connectivity index (χ4v) is 3.67. The monoisotopic (exact) mass is 350 g/mol. The largest absolute Gasteiger partial charge is 0.324 e. The van der Waals surface area contributed by atoms with Crippen molar-refractivity contribution in [3.8, 4) is 0 Å². The smallest absolute Gasteiger partial charge is 0.246 e. The number of anilines is 1. The molecule has 0 radical (unpaired) electrons. The second-order valence-corrected chi connectivity index (χ2v) is 6.95. The Labute approximate surface area is 130 Å². The second kappa shape index (κ2) is 5.68. The quantitative estimate of drug-likeness (QED) is 0.881. The first kappa shape index (κ1) is 13.8. The average Bonchev–Trinajstić information content (AvgIpc) is 2.98. The molecule has 0 saturated carbocycles. The first-order valence-electron chi connectivity index (χ1n) is 6.52. The van der Waals surface area contributed by atoms with E-state index in [1.807, 2.05) is 18.2 Å². The van der Waals surface area contributed by atoms with Crippen molar-refractivity contribution in [3.05, 3.63) is 50.6 Å². The van der Waals surface area contributed by atoms with E-state index in [2.05, 4.69) is 51.0 Å². The highest BCUT2D eigenvalue weighted by Gasteiger charge is 2.31. The summed E-state index contributed by atoms with van der Waals surface area (Å²) in [6.45, 7) is 2.11. The lowest BCUT2D eigenvalue weighted by molar-refractivity contribution is -0.117. The minimum Gasteiger partial charge on any atom is -0.324 e. The van der Waals surface area contributed by atoms with Gasteiger partial charge in [-0.15, -0.1) is 11.3 Å². The Morgan fingerprint density at radius 3 is 3.05 bits per heavy atom. The lowest BCUT2D eigenvalue weighted by Gasteiger charge is -2.18. The van der Waals surface area contributed by atoms with Crippen LogP contribution in [0.5, 0.6) is 0 Å². The number of fused-ring (bicyclic) bond motifs is 1. The Morgan fingerprint density at radius 2 is 2.30 bits per heavy atom. The zero-order chi connectivity index (χ0) is 14.1. The molecule has 20 heavy (non-hydrogen) atoms. The van der Waals surface area contributed by atoms with Gasteiger partial charge in [0, 0.05) is 26.6 Å². The van der Waals surface area contributed by atoms with Crippen molar-refractivity contribution in [1.29, 1.82) is 0 Å². The molecule has 1 aromatic carbocycles. The molecule has 2 unspecified atom stereocenters. The van der Waals surface area contributed by atoms with Gasteiger partial charge in [0.1, 0.15) is 6.04 Å². The third kappa shape index (κ3) is 2.80. The summed E-state index contributed by atoms with van der Waals surface area (Å²) in [7, 11) is 0. The number of rotatable bonds is 4. The van der Waals surface area contributed by atoms with Crippen LogP contribution in [0.25, 0.3) is 0 Å². The van der Waals surface area contributed by atoms with Crippen molar-refractivity contribution in [3.63, 3.8) is 0 Å². The molecule has 2 aromatic rings. The van der Waals surface area contributed by atoms with Crippen LogP contribution in [0.1, 0.15) is 23.4 Å². The van der Waals surface area contributed by atoms with Gasteiger partial charge >= 0.3 is 0 Å². The Kier molecular flexibility index (Phi) is 3.92. The molecular formula is C15H15BrN2OS. The minimum atomic E-state index is -0.256. The molecule has 5 heteroatoms. The molecule has 1 aliphatic rings. The van der Waals surface area contributed by atoms with Crippen molar-refractivity contribution < 1.29 is 4.79 Å². The van der Waals surface area contributed by atoms with E-state index in [4.69, 9.17) is 0 Å². The van der Waals surface area contributed by atoms with Gasteiger partial charge in [0.25, 0.3) is 0 Å². The topological polar surface area (TPSA) is 41.1 Å². The molecule has 104 valence electrons. The first-order valence-corrected chi connectivity index (χ1v) is 8.19. The molecule has 2 N–H and O–H groups in total. The molecular weight excluding hydrogens is 336 g/mol. The maximum absolute atomic E-state index is 12.1. The predicted octanol–water partition coefficient (Wildman–Crippen LogP) is 3.72. The number of thiophene rings is 1. The standard InChI is InChI=1S/C15H15BrN2OS/c1-9(7-11-3-2-6-20-11)17-14-12-5-4-10(16)8-13(12)18-15(14)19/h2-6,8-9,14,17H,7H2,1H3,(H,18,19). The summed E-state index contributed by atoms with van der Waals surface area (Å²) in [6, 6.07) is 10.1. The highest BCUT2D eigenvalue weighted by molar-refractivity contribution is 9.10. The summed E-state index contributed by atoms with van der Waals surface area (Å²) in [6.07, 6.45) is 0.938. The molecule has 0 aliphatic carbocycles. The Bertz CT molecular complexity index is 627. The van der Waals surface area contributed by atoms with Crippen LogP contribution in [0, 0.1) is 0 Å². The average molecular weight is 351 g/mol. The highest BCUT2D eigenvalue weighted by Crippen LogP contribution is 2.33. The van der Waals surface area contributed by atoms with Crippen LogP contribution in [0.15, 0.2) is 40.2 Å². The molecule has 0 saturated heterocycles. The number of hydrogen-bond donors (Lipinski definition) is 2. The molecule has 0 fully saturated rings. The van der Waals surface area contributed by atoms with Gasteiger partial charge in [0.15, 0.2) is 0 Å². The van der Waals surface area contributed by atoms with Crippen LogP contribution >= 0.6 is 27.3 Å². The molecule has 2 heterocycles. The van der Waals surface area contributed by atoms with Gasteiger partial charge in [-0.05, 0) is 36.9 Å². The zero-order valence-electron chi connectivity index (χ0n) is 11.0. The Morgan fingerprint density at radius 1 is 1.45 bits per heavy atom. The molecule has 0 spiro atoms. The third-order valence-corrected chi connectivity index (χ3v) is 4.78. The number of carbonyl (C=O) groups excluding carboxylic acids is 1. The number of carbonyl (C=O) groups is 1. The van der Waals surface area contributed by atoms with Crippen LogP contribution in [-0.2, 0) is 11.2 Å². The first-order chi connectivity index (χ1) is 9.63. The van der Waals surface area contributed by atoms with Gasteiger partial charge in [-0.2, -0.15) is 0 Å². The summed E-state index contributed by atoms with van der Waals surface area (Å²) >= 11 is 5.18. The summed E-state index contributed by atoms with van der Waals surface area (Å²) < 4.78 is 0.976. The van der Waals surface area contributed by atoms with Crippen LogP contribution in [0.2, 0.25) is 0 Å². The molecule has 1 aliphatic heterocycles. The van der Waals surface area contributed by atoms with E-state index in [0.29, 0.717) is 0 Å². The van der Waals surface area contributed by atoms with Crippen LogP contribution in [0.4, 0.5) is 5.69 Å². The molecule has 3 rings (SSSR count). The van der Waals surface area contributed by atoms with Crippen LogP contribution in [-0.4, -0.2) is 11.9 Å². The maximum atomic E-state index is 12.1. The Hall–Kier alpha value is -1.17. The van der Waals surface area contributed by atoms with Crippen LogP contribution in [0.3, 0.4) is 0 Å². The molecule has 1 aromatic heterocycles. The summed E-state index contributed by atoms with van der Waals surface area (Å²) in [5.74, 6) is 0.0242. The van der Waals surface area contributed by atoms with Crippen molar-refractivity contribution in [2.75, 3.05) is 5.32 Å². The minimum absolute atomic E-state index is 0.0242. The molecule has 2 atom stereocenters. The fourth-order valence-electron chi connectivity index (χ4n) is 2.47. The van der Waals surface area contributed by atoms with E-state index in [-0.39, 0.29) is 18.0 Å². The van der Waals surface area contributed by atoms with Crippen molar-refractivity contribution in [2.45, 2.75) is 25.4 Å². The lowest BCUT2D eigenvalue weighted by Crippen LogP contribution is -2.35. The molecule has 0 bridgehead atoms. The van der Waals surface area contributed by atoms with Gasteiger partial charge < -0.3 is 5.32 Å². The second-order valence-electron chi connectivity index (χ2n) is 5.01. The van der Waals surface area contributed by atoms with Gasteiger partial charge in [0.05, 0.1) is 0 Å². The summed E-state index contributed by atoms with van der Waals surface area (Å²) in [4.78, 5) is 13.4. The zero-order valence-corrected chi connectivity index (χ0v) is 13.4. The number of benzene rings is 1. The van der Waals surface area contributed by atoms with E-state index in [1.54, 1.807) is 11.3 Å².